The molecule has 4 aromatic heterocycles. The molecule has 6 nitrogen and oxygen atoms in total. The number of ether oxygens (including phenoxy) is 1. The molecule has 0 spiro atoms. The van der Waals surface area contributed by atoms with Crippen LogP contribution in [0.15, 0.2) is 71.8 Å². The Balaban J connectivity index is 2.02. The molecular weight excluding hydrogens is 328 g/mol. The van der Waals surface area contributed by atoms with Crippen molar-refractivity contribution < 1.29 is 4.74 Å². The molecule has 0 fully saturated rings. The summed E-state index contributed by atoms with van der Waals surface area (Å²) in [5.41, 5.74) is 2.84. The van der Waals surface area contributed by atoms with Gasteiger partial charge in [0.05, 0.1) is 19.0 Å². The van der Waals surface area contributed by atoms with Gasteiger partial charge in [0.1, 0.15) is 11.2 Å². The fourth-order valence-corrected chi connectivity index (χ4v) is 3.34. The van der Waals surface area contributed by atoms with Crippen LogP contribution in [-0.2, 0) is 0 Å². The van der Waals surface area contributed by atoms with Crippen LogP contribution < -0.4 is 10.3 Å². The average molecular weight is 342 g/mol. The van der Waals surface area contributed by atoms with Crippen LogP contribution >= 0.6 is 0 Å². The number of methoxy groups -OCH3 is 1. The largest absolute Gasteiger partial charge is 0.481 e. The highest BCUT2D eigenvalue weighted by Crippen LogP contribution is 2.25. The summed E-state index contributed by atoms with van der Waals surface area (Å²) in [6, 6.07) is 16.9. The zero-order valence-corrected chi connectivity index (χ0v) is 14.0. The van der Waals surface area contributed by atoms with E-state index in [4.69, 9.17) is 9.72 Å². The molecule has 0 atom stereocenters. The highest BCUT2D eigenvalue weighted by atomic mass is 16.5. The maximum atomic E-state index is 13.3. The first-order valence-corrected chi connectivity index (χ1v) is 8.19. The third-order valence-electron chi connectivity index (χ3n) is 4.52. The topological polar surface area (TPSA) is 61.4 Å². The second-order valence-electron chi connectivity index (χ2n) is 5.96. The molecule has 0 aliphatic carbocycles. The third kappa shape index (κ3) is 1.96. The number of pyridine rings is 3. The van der Waals surface area contributed by atoms with Gasteiger partial charge >= 0.3 is 0 Å². The quantitative estimate of drug-likeness (QED) is 0.494. The van der Waals surface area contributed by atoms with E-state index in [1.54, 1.807) is 23.9 Å². The number of nitrogens with zero attached hydrogens (tertiary/aromatic N) is 4. The van der Waals surface area contributed by atoms with Crippen LogP contribution in [0, 0.1) is 0 Å². The number of rotatable bonds is 2. The summed E-state index contributed by atoms with van der Waals surface area (Å²) in [5, 5.41) is 1.47. The van der Waals surface area contributed by atoms with Crippen LogP contribution in [-0.4, -0.2) is 26.0 Å². The van der Waals surface area contributed by atoms with Crippen molar-refractivity contribution in [3.63, 3.8) is 0 Å². The smallest absolute Gasteiger partial charge is 0.264 e. The molecule has 0 saturated carbocycles. The lowest BCUT2D eigenvalue weighted by molar-refractivity contribution is 0.398. The van der Waals surface area contributed by atoms with Gasteiger partial charge in [-0.3, -0.25) is 13.8 Å². The van der Waals surface area contributed by atoms with Crippen LogP contribution in [0.5, 0.6) is 5.88 Å². The summed E-state index contributed by atoms with van der Waals surface area (Å²) in [4.78, 5) is 22.3. The van der Waals surface area contributed by atoms with Crippen molar-refractivity contribution in [3.05, 3.63) is 77.3 Å². The van der Waals surface area contributed by atoms with Crippen molar-refractivity contribution in [3.8, 4) is 11.6 Å². The van der Waals surface area contributed by atoms with Crippen LogP contribution in [0.4, 0.5) is 0 Å². The summed E-state index contributed by atoms with van der Waals surface area (Å²) in [7, 11) is 1.56. The van der Waals surface area contributed by atoms with Gasteiger partial charge in [-0.2, -0.15) is 0 Å². The average Bonchev–Trinajstić information content (AvgIpc) is 3.08. The van der Waals surface area contributed by atoms with Crippen molar-refractivity contribution in [2.45, 2.75) is 0 Å². The minimum absolute atomic E-state index is 0.106. The molecule has 5 rings (SSSR count). The molecule has 126 valence electrons. The second kappa shape index (κ2) is 5.42. The van der Waals surface area contributed by atoms with Crippen LogP contribution in [0.25, 0.3) is 33.3 Å². The molecule has 0 unspecified atom stereocenters. The van der Waals surface area contributed by atoms with Crippen molar-refractivity contribution in [2.24, 2.45) is 0 Å². The van der Waals surface area contributed by atoms with E-state index in [0.29, 0.717) is 17.0 Å². The fraction of sp³-hybridized carbons (Fsp3) is 0.0500. The van der Waals surface area contributed by atoms with Gasteiger partial charge in [-0.25, -0.2) is 9.97 Å². The minimum Gasteiger partial charge on any atom is -0.481 e. The summed E-state index contributed by atoms with van der Waals surface area (Å²) in [5.74, 6) is 0.497. The van der Waals surface area contributed by atoms with Gasteiger partial charge in [0.2, 0.25) is 5.88 Å². The number of fused-ring (bicyclic) bond motifs is 5. The predicted octanol–water partition coefficient (Wildman–Crippen LogP) is 3.20. The summed E-state index contributed by atoms with van der Waals surface area (Å²) >= 11 is 0. The monoisotopic (exact) mass is 342 g/mol. The Morgan fingerprint density at radius 2 is 1.77 bits per heavy atom. The lowest BCUT2D eigenvalue weighted by Gasteiger charge is -2.11. The SMILES string of the molecule is COc1ccc(-n2c(=O)c3ccccc3c3nc4ccccn4c32)cn1. The van der Waals surface area contributed by atoms with Gasteiger partial charge in [0, 0.05) is 23.0 Å². The normalized spacial score (nSPS) is 11.4. The van der Waals surface area contributed by atoms with Crippen molar-refractivity contribution in [1.29, 1.82) is 0 Å². The Morgan fingerprint density at radius 1 is 0.962 bits per heavy atom. The fourth-order valence-electron chi connectivity index (χ4n) is 3.34. The Kier molecular flexibility index (Phi) is 3.05. The highest BCUT2D eigenvalue weighted by molar-refractivity contribution is 6.04. The van der Waals surface area contributed by atoms with Crippen LogP contribution in [0.2, 0.25) is 0 Å². The van der Waals surface area contributed by atoms with E-state index in [0.717, 1.165) is 22.2 Å². The summed E-state index contributed by atoms with van der Waals surface area (Å²) in [6.45, 7) is 0. The van der Waals surface area contributed by atoms with Crippen LogP contribution in [0.1, 0.15) is 0 Å². The van der Waals surface area contributed by atoms with Gasteiger partial charge in [-0.15, -0.1) is 0 Å². The van der Waals surface area contributed by atoms with E-state index >= 15 is 0 Å². The van der Waals surface area contributed by atoms with Crippen molar-refractivity contribution >= 4 is 27.6 Å². The van der Waals surface area contributed by atoms with E-state index in [-0.39, 0.29) is 5.56 Å². The van der Waals surface area contributed by atoms with E-state index in [1.165, 1.54) is 0 Å². The van der Waals surface area contributed by atoms with E-state index in [2.05, 4.69) is 4.98 Å². The molecule has 1 aromatic carbocycles. The summed E-state index contributed by atoms with van der Waals surface area (Å²) < 4.78 is 8.71. The first-order valence-electron chi connectivity index (χ1n) is 8.19. The van der Waals surface area contributed by atoms with Gasteiger partial charge in [0.15, 0.2) is 5.65 Å². The first-order chi connectivity index (χ1) is 12.8. The molecule has 5 aromatic rings. The lowest BCUT2D eigenvalue weighted by atomic mass is 10.1. The molecule has 0 saturated heterocycles. The molecule has 6 heteroatoms. The van der Waals surface area contributed by atoms with E-state index in [9.17, 15) is 4.79 Å². The van der Waals surface area contributed by atoms with Crippen molar-refractivity contribution in [1.82, 2.24) is 18.9 Å². The number of hydrogen-bond donors (Lipinski definition) is 0. The zero-order chi connectivity index (χ0) is 17.7. The molecular formula is C20H14N4O2. The predicted molar refractivity (Wildman–Crippen MR) is 100 cm³/mol. The first kappa shape index (κ1) is 14.7. The van der Waals surface area contributed by atoms with Gasteiger partial charge < -0.3 is 4.74 Å². The Bertz CT molecular complexity index is 1330. The molecule has 0 aliphatic heterocycles. The third-order valence-corrected chi connectivity index (χ3v) is 4.52. The standard InChI is InChI=1S/C20H14N4O2/c1-26-17-10-9-13(12-21-17)24-19-18(22-16-8-4-5-11-23(16)19)14-6-2-3-7-15(14)20(24)25/h2-12H,1H3. The van der Waals surface area contributed by atoms with Gasteiger partial charge in [-0.1, -0.05) is 24.3 Å². The van der Waals surface area contributed by atoms with E-state index < -0.39 is 0 Å². The minimum atomic E-state index is -0.106. The molecule has 0 amide bonds. The highest BCUT2D eigenvalue weighted by Gasteiger charge is 2.17. The molecule has 0 bridgehead atoms. The molecule has 0 aliphatic rings. The summed E-state index contributed by atoms with van der Waals surface area (Å²) in [6.07, 6.45) is 3.54. The zero-order valence-electron chi connectivity index (χ0n) is 14.0. The van der Waals surface area contributed by atoms with Crippen molar-refractivity contribution in [2.75, 3.05) is 7.11 Å². The molecule has 0 N–H and O–H groups in total. The van der Waals surface area contributed by atoms with Gasteiger partial charge in [0.25, 0.3) is 5.56 Å². The maximum Gasteiger partial charge on any atom is 0.264 e. The Labute approximate surface area is 147 Å². The number of imidazole rings is 1. The number of aromatic nitrogens is 4. The lowest BCUT2D eigenvalue weighted by Crippen LogP contribution is -2.20. The molecule has 26 heavy (non-hydrogen) atoms. The Morgan fingerprint density at radius 3 is 2.54 bits per heavy atom. The second-order valence-corrected chi connectivity index (χ2v) is 5.96. The van der Waals surface area contributed by atoms with Crippen LogP contribution in [0.3, 0.4) is 0 Å². The molecule has 4 heterocycles. The number of hydrogen-bond acceptors (Lipinski definition) is 4. The van der Waals surface area contributed by atoms with Gasteiger partial charge in [-0.05, 0) is 24.3 Å². The molecule has 0 radical (unpaired) electrons. The maximum absolute atomic E-state index is 13.3. The Hall–Kier alpha value is -3.67. The number of benzene rings is 1. The van der Waals surface area contributed by atoms with E-state index in [1.807, 2.05) is 59.1 Å².